The molecule has 0 aliphatic carbocycles. The standard InChI is InChI=1S/C7H7N3O5/c8-15-4-5-1-2-6(9(11)12)3-7(5)10(13)14/h1-3H,4,8H2. The minimum Gasteiger partial charge on any atom is -0.300 e. The second-order valence-corrected chi connectivity index (χ2v) is 2.64. The molecule has 8 nitrogen and oxygen atoms in total. The van der Waals surface area contributed by atoms with Gasteiger partial charge >= 0.3 is 0 Å². The average Bonchev–Trinajstić information content (AvgIpc) is 2.18. The quantitative estimate of drug-likeness (QED) is 0.585. The van der Waals surface area contributed by atoms with Crippen LogP contribution in [0, 0.1) is 20.2 Å². The summed E-state index contributed by atoms with van der Waals surface area (Å²) in [6, 6.07) is 3.26. The first-order valence-corrected chi connectivity index (χ1v) is 3.79. The smallest absolute Gasteiger partial charge is 0.281 e. The second kappa shape index (κ2) is 4.44. The van der Waals surface area contributed by atoms with Gasteiger partial charge in [0.25, 0.3) is 11.4 Å². The highest BCUT2D eigenvalue weighted by Gasteiger charge is 2.18. The monoisotopic (exact) mass is 213 g/mol. The van der Waals surface area contributed by atoms with Crippen LogP contribution in [-0.4, -0.2) is 9.85 Å². The number of nitrogens with two attached hydrogens (primary N) is 1. The van der Waals surface area contributed by atoms with Crippen molar-refractivity contribution in [2.45, 2.75) is 6.61 Å². The summed E-state index contributed by atoms with van der Waals surface area (Å²) >= 11 is 0. The predicted octanol–water partition coefficient (Wildman–Crippen LogP) is 0.893. The molecule has 1 aromatic rings. The Labute approximate surface area is 83.5 Å². The molecule has 1 rings (SSSR count). The first kappa shape index (κ1) is 11.0. The zero-order valence-corrected chi connectivity index (χ0v) is 7.45. The summed E-state index contributed by atoms with van der Waals surface area (Å²) in [7, 11) is 0. The molecule has 0 fully saturated rings. The molecule has 0 saturated heterocycles. The second-order valence-electron chi connectivity index (χ2n) is 2.64. The van der Waals surface area contributed by atoms with E-state index in [0.717, 1.165) is 12.1 Å². The van der Waals surface area contributed by atoms with Crippen LogP contribution in [0.2, 0.25) is 0 Å². The van der Waals surface area contributed by atoms with E-state index in [1.807, 2.05) is 0 Å². The summed E-state index contributed by atoms with van der Waals surface area (Å²) in [4.78, 5) is 23.7. The summed E-state index contributed by atoms with van der Waals surface area (Å²) in [6.45, 7) is -0.172. The fourth-order valence-electron chi connectivity index (χ4n) is 1.05. The Morgan fingerprint density at radius 1 is 1.27 bits per heavy atom. The van der Waals surface area contributed by atoms with Crippen LogP contribution in [0.4, 0.5) is 11.4 Å². The van der Waals surface area contributed by atoms with E-state index in [1.165, 1.54) is 6.07 Å². The Balaban J connectivity index is 3.20. The molecule has 0 bridgehead atoms. The first-order chi connectivity index (χ1) is 7.06. The van der Waals surface area contributed by atoms with Gasteiger partial charge in [-0.15, -0.1) is 0 Å². The number of rotatable bonds is 4. The van der Waals surface area contributed by atoms with Crippen LogP contribution in [0.1, 0.15) is 5.56 Å². The number of nitrogens with zero attached hydrogens (tertiary/aromatic N) is 2. The first-order valence-electron chi connectivity index (χ1n) is 3.79. The Bertz CT molecular complexity index is 406. The van der Waals surface area contributed by atoms with Crippen molar-refractivity contribution in [1.29, 1.82) is 0 Å². The molecule has 0 aliphatic heterocycles. The third kappa shape index (κ3) is 2.45. The van der Waals surface area contributed by atoms with E-state index in [0.29, 0.717) is 0 Å². The lowest BCUT2D eigenvalue weighted by Gasteiger charge is -2.00. The van der Waals surface area contributed by atoms with Crippen molar-refractivity contribution in [3.8, 4) is 0 Å². The van der Waals surface area contributed by atoms with Crippen molar-refractivity contribution in [2.24, 2.45) is 5.90 Å². The lowest BCUT2D eigenvalue weighted by molar-refractivity contribution is -0.394. The van der Waals surface area contributed by atoms with Crippen LogP contribution in [-0.2, 0) is 11.4 Å². The lowest BCUT2D eigenvalue weighted by Crippen LogP contribution is -2.03. The summed E-state index contributed by atoms with van der Waals surface area (Å²) in [5, 5.41) is 20.9. The highest BCUT2D eigenvalue weighted by molar-refractivity contribution is 5.48. The Kier molecular flexibility index (Phi) is 3.26. The molecule has 8 heteroatoms. The van der Waals surface area contributed by atoms with Crippen molar-refractivity contribution in [2.75, 3.05) is 0 Å². The molecule has 0 atom stereocenters. The molecular weight excluding hydrogens is 206 g/mol. The molecule has 0 aliphatic rings. The van der Waals surface area contributed by atoms with Crippen LogP contribution < -0.4 is 5.90 Å². The lowest BCUT2D eigenvalue weighted by atomic mass is 10.2. The van der Waals surface area contributed by atoms with Gasteiger partial charge in [-0.05, 0) is 6.07 Å². The zero-order valence-electron chi connectivity index (χ0n) is 7.45. The molecule has 0 saturated carbocycles. The fraction of sp³-hybridized carbons (Fsp3) is 0.143. The van der Waals surface area contributed by atoms with Crippen molar-refractivity contribution < 1.29 is 14.7 Å². The summed E-state index contributed by atoms with van der Waals surface area (Å²) in [6.07, 6.45) is 0. The van der Waals surface area contributed by atoms with E-state index >= 15 is 0 Å². The number of nitro benzene ring substituents is 2. The SMILES string of the molecule is NOCc1ccc([N+](=O)[O-])cc1[N+](=O)[O-]. The highest BCUT2D eigenvalue weighted by atomic mass is 16.6. The van der Waals surface area contributed by atoms with Gasteiger partial charge in [-0.25, -0.2) is 5.90 Å². The van der Waals surface area contributed by atoms with Gasteiger partial charge < -0.3 is 0 Å². The maximum atomic E-state index is 10.6. The third-order valence-electron chi connectivity index (χ3n) is 1.72. The van der Waals surface area contributed by atoms with E-state index in [9.17, 15) is 20.2 Å². The van der Waals surface area contributed by atoms with Gasteiger partial charge in [0.2, 0.25) is 0 Å². The summed E-state index contributed by atoms with van der Waals surface area (Å²) < 4.78 is 0. The topological polar surface area (TPSA) is 122 Å². The summed E-state index contributed by atoms with van der Waals surface area (Å²) in [5.41, 5.74) is -0.537. The van der Waals surface area contributed by atoms with Gasteiger partial charge in [-0.2, -0.15) is 0 Å². The van der Waals surface area contributed by atoms with E-state index < -0.39 is 9.85 Å². The molecule has 0 heterocycles. The molecule has 0 unspecified atom stereocenters. The molecule has 2 N–H and O–H groups in total. The maximum Gasteiger partial charge on any atom is 0.281 e. The molecule has 0 radical (unpaired) electrons. The van der Waals surface area contributed by atoms with Crippen molar-refractivity contribution in [1.82, 2.24) is 0 Å². The van der Waals surface area contributed by atoms with Gasteiger partial charge in [0.15, 0.2) is 0 Å². The number of non-ortho nitro benzene ring substituents is 1. The van der Waals surface area contributed by atoms with Crippen molar-refractivity contribution >= 4 is 11.4 Å². The van der Waals surface area contributed by atoms with E-state index in [2.05, 4.69) is 4.84 Å². The third-order valence-corrected chi connectivity index (χ3v) is 1.72. The maximum absolute atomic E-state index is 10.6. The van der Waals surface area contributed by atoms with Crippen LogP contribution in [0.15, 0.2) is 18.2 Å². The predicted molar refractivity (Wildman–Crippen MR) is 48.7 cm³/mol. The fourth-order valence-corrected chi connectivity index (χ4v) is 1.05. The molecule has 80 valence electrons. The van der Waals surface area contributed by atoms with Gasteiger partial charge in [0.1, 0.15) is 0 Å². The highest BCUT2D eigenvalue weighted by Crippen LogP contribution is 2.24. The molecule has 0 spiro atoms. The number of hydrogen-bond donors (Lipinski definition) is 1. The van der Waals surface area contributed by atoms with Gasteiger partial charge in [-0.1, -0.05) is 0 Å². The Morgan fingerprint density at radius 2 is 1.93 bits per heavy atom. The van der Waals surface area contributed by atoms with E-state index in [4.69, 9.17) is 5.90 Å². The molecule has 0 amide bonds. The summed E-state index contributed by atoms with van der Waals surface area (Å²) in [5.74, 6) is 4.77. The zero-order chi connectivity index (χ0) is 11.4. The van der Waals surface area contributed by atoms with E-state index in [-0.39, 0.29) is 23.5 Å². The van der Waals surface area contributed by atoms with Crippen LogP contribution in [0.5, 0.6) is 0 Å². The molecular formula is C7H7N3O5. The minimum absolute atomic E-state index is 0.172. The van der Waals surface area contributed by atoms with Crippen LogP contribution in [0.25, 0.3) is 0 Å². The van der Waals surface area contributed by atoms with Gasteiger partial charge in [-0.3, -0.25) is 25.1 Å². The van der Waals surface area contributed by atoms with Crippen LogP contribution >= 0.6 is 0 Å². The molecule has 1 aromatic carbocycles. The van der Waals surface area contributed by atoms with Gasteiger partial charge in [0, 0.05) is 6.07 Å². The van der Waals surface area contributed by atoms with Crippen molar-refractivity contribution in [3.63, 3.8) is 0 Å². The average molecular weight is 213 g/mol. The Morgan fingerprint density at radius 3 is 2.40 bits per heavy atom. The van der Waals surface area contributed by atoms with E-state index in [1.54, 1.807) is 0 Å². The molecule has 15 heavy (non-hydrogen) atoms. The minimum atomic E-state index is -0.721. The number of hydrogen-bond acceptors (Lipinski definition) is 6. The Hall–Kier alpha value is -2.06. The van der Waals surface area contributed by atoms with Crippen molar-refractivity contribution in [3.05, 3.63) is 44.0 Å². The number of nitro groups is 2. The van der Waals surface area contributed by atoms with Gasteiger partial charge in [0.05, 0.1) is 28.1 Å². The largest absolute Gasteiger partial charge is 0.300 e. The normalized spacial score (nSPS) is 9.93. The van der Waals surface area contributed by atoms with Crippen LogP contribution in [0.3, 0.4) is 0 Å². The number of benzene rings is 1. The molecule has 0 aromatic heterocycles.